The maximum absolute atomic E-state index is 11.9. The Morgan fingerprint density at radius 1 is 1.62 bits per heavy atom. The Morgan fingerprint density at radius 3 is 3.29 bits per heavy atom. The number of furan rings is 1. The van der Waals surface area contributed by atoms with E-state index >= 15 is 0 Å². The zero-order valence-corrected chi connectivity index (χ0v) is 12.7. The molecule has 0 saturated heterocycles. The number of rotatable bonds is 4. The molecule has 110 valence electrons. The van der Waals surface area contributed by atoms with Gasteiger partial charge in [0, 0.05) is 30.5 Å². The van der Waals surface area contributed by atoms with Crippen molar-refractivity contribution < 1.29 is 9.21 Å². The van der Waals surface area contributed by atoms with Crippen LogP contribution in [0.4, 0.5) is 5.13 Å². The summed E-state index contributed by atoms with van der Waals surface area (Å²) in [5.41, 5.74) is 1.12. The van der Waals surface area contributed by atoms with E-state index in [1.807, 2.05) is 0 Å². The highest BCUT2D eigenvalue weighted by atomic mass is 32.1. The Hall–Kier alpha value is -1.92. The molecule has 1 aliphatic heterocycles. The first-order chi connectivity index (χ1) is 10.2. The third kappa shape index (κ3) is 3.40. The number of amides is 1. The largest absolute Gasteiger partial charge is 0.465 e. The number of carbonyl (C=O) groups excluding carboxylic acids is 1. The number of hydrogen-bond acceptors (Lipinski definition) is 5. The van der Waals surface area contributed by atoms with Crippen LogP contribution in [0.3, 0.4) is 0 Å². The van der Waals surface area contributed by atoms with E-state index in [0.29, 0.717) is 10.9 Å². The number of thiazole rings is 1. The monoisotopic (exact) mass is 303 g/mol. The van der Waals surface area contributed by atoms with Crippen molar-refractivity contribution in [2.45, 2.75) is 19.9 Å². The topological polar surface area (TPSA) is 58.4 Å². The molecule has 5 nitrogen and oxygen atoms in total. The van der Waals surface area contributed by atoms with Gasteiger partial charge >= 0.3 is 0 Å². The van der Waals surface area contributed by atoms with Gasteiger partial charge in [0.05, 0.1) is 12.0 Å². The minimum absolute atomic E-state index is 0.190. The molecule has 2 aromatic heterocycles. The van der Waals surface area contributed by atoms with Gasteiger partial charge in [-0.05, 0) is 24.8 Å². The van der Waals surface area contributed by atoms with Crippen LogP contribution in [-0.2, 0) is 17.8 Å². The van der Waals surface area contributed by atoms with Gasteiger partial charge in [-0.3, -0.25) is 15.0 Å². The maximum atomic E-state index is 11.9. The average molecular weight is 303 g/mol. The normalized spacial score (nSPS) is 15.3. The molecule has 3 rings (SSSR count). The van der Waals surface area contributed by atoms with Crippen LogP contribution >= 0.6 is 11.3 Å². The van der Waals surface area contributed by atoms with E-state index in [0.717, 1.165) is 31.7 Å². The second-order valence-electron chi connectivity index (χ2n) is 4.85. The number of anilines is 1. The summed E-state index contributed by atoms with van der Waals surface area (Å²) >= 11 is 1.56. The number of nitrogens with zero attached hydrogens (tertiary/aromatic N) is 2. The first kappa shape index (κ1) is 14.0. The molecule has 0 bridgehead atoms. The smallest absolute Gasteiger partial charge is 0.250 e. The van der Waals surface area contributed by atoms with E-state index in [1.54, 1.807) is 35.8 Å². The van der Waals surface area contributed by atoms with Gasteiger partial charge in [-0.2, -0.15) is 0 Å². The Kier molecular flexibility index (Phi) is 4.17. The Balaban J connectivity index is 1.63. The number of nitrogens with one attached hydrogen (secondary N) is 1. The van der Waals surface area contributed by atoms with Crippen molar-refractivity contribution in [3.05, 3.63) is 40.8 Å². The summed E-state index contributed by atoms with van der Waals surface area (Å²) < 4.78 is 5.14. The van der Waals surface area contributed by atoms with Crippen molar-refractivity contribution in [2.75, 3.05) is 18.4 Å². The molecule has 1 N–H and O–H groups in total. The second kappa shape index (κ2) is 6.24. The third-order valence-electron chi connectivity index (χ3n) is 3.43. The fraction of sp³-hybridized carbons (Fsp3) is 0.333. The van der Waals surface area contributed by atoms with Crippen LogP contribution in [0.2, 0.25) is 0 Å². The predicted octanol–water partition coefficient (Wildman–Crippen LogP) is 2.77. The zero-order valence-electron chi connectivity index (χ0n) is 11.8. The van der Waals surface area contributed by atoms with Gasteiger partial charge in [0.25, 0.3) is 0 Å². The highest BCUT2D eigenvalue weighted by Crippen LogP contribution is 2.28. The van der Waals surface area contributed by atoms with Crippen molar-refractivity contribution in [3.63, 3.8) is 0 Å². The van der Waals surface area contributed by atoms with Gasteiger partial charge in [0.15, 0.2) is 5.13 Å². The van der Waals surface area contributed by atoms with Crippen LogP contribution in [0.25, 0.3) is 6.08 Å². The molecule has 0 aliphatic carbocycles. The molecule has 0 radical (unpaired) electrons. The number of aromatic nitrogens is 1. The number of hydrogen-bond donors (Lipinski definition) is 1. The maximum Gasteiger partial charge on any atom is 0.250 e. The van der Waals surface area contributed by atoms with Gasteiger partial charge in [-0.15, -0.1) is 11.3 Å². The van der Waals surface area contributed by atoms with Gasteiger partial charge in [-0.25, -0.2) is 4.98 Å². The van der Waals surface area contributed by atoms with Crippen LogP contribution in [0.5, 0.6) is 0 Å². The second-order valence-corrected chi connectivity index (χ2v) is 5.93. The molecule has 3 heterocycles. The van der Waals surface area contributed by atoms with E-state index in [4.69, 9.17) is 4.42 Å². The summed E-state index contributed by atoms with van der Waals surface area (Å²) in [6.07, 6.45) is 5.63. The van der Waals surface area contributed by atoms with Gasteiger partial charge in [-0.1, -0.05) is 6.92 Å². The Bertz CT molecular complexity index is 646. The zero-order chi connectivity index (χ0) is 14.7. The fourth-order valence-corrected chi connectivity index (χ4v) is 3.32. The SMILES string of the molecule is CCN1CCc2nc(NC(=O)/C=C/c3ccco3)sc2C1. The summed E-state index contributed by atoms with van der Waals surface area (Å²) in [6.45, 7) is 5.18. The molecule has 0 atom stereocenters. The van der Waals surface area contributed by atoms with E-state index in [2.05, 4.69) is 22.1 Å². The van der Waals surface area contributed by atoms with Gasteiger partial charge in [0.1, 0.15) is 5.76 Å². The lowest BCUT2D eigenvalue weighted by Gasteiger charge is -2.23. The molecule has 0 saturated carbocycles. The molecule has 0 fully saturated rings. The van der Waals surface area contributed by atoms with Gasteiger partial charge in [0.2, 0.25) is 5.91 Å². The van der Waals surface area contributed by atoms with E-state index in [-0.39, 0.29) is 5.91 Å². The molecule has 1 amide bonds. The van der Waals surface area contributed by atoms with Crippen LogP contribution in [0.1, 0.15) is 23.3 Å². The van der Waals surface area contributed by atoms with Crippen molar-refractivity contribution in [1.82, 2.24) is 9.88 Å². The molecule has 0 aromatic carbocycles. The highest BCUT2D eigenvalue weighted by Gasteiger charge is 2.19. The van der Waals surface area contributed by atoms with E-state index in [9.17, 15) is 4.79 Å². The summed E-state index contributed by atoms with van der Waals surface area (Å²) in [7, 11) is 0. The minimum Gasteiger partial charge on any atom is -0.465 e. The van der Waals surface area contributed by atoms with Crippen LogP contribution in [0, 0.1) is 0 Å². The Labute approximate surface area is 127 Å². The minimum atomic E-state index is -0.190. The number of fused-ring (bicyclic) bond motifs is 1. The summed E-state index contributed by atoms with van der Waals surface area (Å²) in [4.78, 5) is 20.0. The summed E-state index contributed by atoms with van der Waals surface area (Å²) in [5, 5.41) is 3.49. The summed E-state index contributed by atoms with van der Waals surface area (Å²) in [6, 6.07) is 3.58. The van der Waals surface area contributed by atoms with Crippen molar-refractivity contribution in [1.29, 1.82) is 0 Å². The molecule has 21 heavy (non-hydrogen) atoms. The molecule has 6 heteroatoms. The van der Waals surface area contributed by atoms with Crippen molar-refractivity contribution >= 4 is 28.5 Å². The number of likely N-dealkylation sites (N-methyl/N-ethyl adjacent to an activating group) is 1. The molecular formula is C15H17N3O2S. The molecule has 2 aromatic rings. The van der Waals surface area contributed by atoms with Crippen LogP contribution in [0.15, 0.2) is 28.9 Å². The summed E-state index contributed by atoms with van der Waals surface area (Å²) in [5.74, 6) is 0.465. The first-order valence-corrected chi connectivity index (χ1v) is 7.79. The first-order valence-electron chi connectivity index (χ1n) is 6.98. The standard InChI is InChI=1S/C15H17N3O2S/c1-2-18-8-7-12-13(10-18)21-15(16-12)17-14(19)6-5-11-4-3-9-20-11/h3-6,9H,2,7-8,10H2,1H3,(H,16,17,19)/b6-5+. The lowest BCUT2D eigenvalue weighted by atomic mass is 10.2. The lowest BCUT2D eigenvalue weighted by Crippen LogP contribution is -2.29. The molecule has 0 unspecified atom stereocenters. The van der Waals surface area contributed by atoms with Gasteiger partial charge < -0.3 is 4.42 Å². The Morgan fingerprint density at radius 2 is 2.52 bits per heavy atom. The lowest BCUT2D eigenvalue weighted by molar-refractivity contribution is -0.111. The predicted molar refractivity (Wildman–Crippen MR) is 83.1 cm³/mol. The number of carbonyl (C=O) groups is 1. The quantitative estimate of drug-likeness (QED) is 0.882. The van der Waals surface area contributed by atoms with Crippen molar-refractivity contribution in [2.24, 2.45) is 0 Å². The molecule has 1 aliphatic rings. The van der Waals surface area contributed by atoms with E-state index < -0.39 is 0 Å². The third-order valence-corrected chi connectivity index (χ3v) is 4.43. The molecule has 0 spiro atoms. The van der Waals surface area contributed by atoms with Crippen LogP contribution < -0.4 is 5.32 Å². The fourth-order valence-electron chi connectivity index (χ4n) is 2.26. The van der Waals surface area contributed by atoms with Crippen LogP contribution in [-0.4, -0.2) is 28.9 Å². The highest BCUT2D eigenvalue weighted by molar-refractivity contribution is 7.15. The average Bonchev–Trinajstić information content (AvgIpc) is 3.13. The molecular weight excluding hydrogens is 286 g/mol. The van der Waals surface area contributed by atoms with E-state index in [1.165, 1.54) is 11.0 Å². The van der Waals surface area contributed by atoms with Crippen molar-refractivity contribution in [3.8, 4) is 0 Å².